The van der Waals surface area contributed by atoms with Crippen LogP contribution >= 0.6 is 0 Å². The molecule has 3 aromatic carbocycles. The summed E-state index contributed by atoms with van der Waals surface area (Å²) < 4.78 is 53.2. The number of fused-ring (bicyclic) bond motifs is 8. The largest absolute Gasteiger partial charge is 0.481 e. The Morgan fingerprint density at radius 1 is 1.12 bits per heavy atom. The number of halogens is 3. The van der Waals surface area contributed by atoms with Crippen molar-refractivity contribution in [2.24, 2.45) is 17.0 Å². The second-order valence-corrected chi connectivity index (χ2v) is 13.4. The number of imidazole rings is 1. The summed E-state index contributed by atoms with van der Waals surface area (Å²) in [7, 11) is 0. The Bertz CT molecular complexity index is 2040. The highest BCUT2D eigenvalue weighted by atomic mass is 19.1. The van der Waals surface area contributed by atoms with Crippen molar-refractivity contribution in [3.63, 3.8) is 0 Å². The number of carboxylic acids is 1. The number of nitrogens with one attached hydrogen (secondary N) is 2. The fourth-order valence-corrected chi connectivity index (χ4v) is 6.44. The van der Waals surface area contributed by atoms with E-state index in [9.17, 15) is 9.90 Å². The Morgan fingerprint density at radius 2 is 1.94 bits per heavy atom. The van der Waals surface area contributed by atoms with Crippen LogP contribution in [0, 0.1) is 22.9 Å². The van der Waals surface area contributed by atoms with Gasteiger partial charge in [0.05, 0.1) is 12.1 Å². The molecule has 0 spiro atoms. The van der Waals surface area contributed by atoms with Gasteiger partial charge in [0, 0.05) is 64.9 Å². The van der Waals surface area contributed by atoms with Gasteiger partial charge in [0.25, 0.3) is 0 Å². The quantitative estimate of drug-likeness (QED) is 0.122. The lowest BCUT2D eigenvalue weighted by molar-refractivity contribution is -0.136. The second-order valence-electron chi connectivity index (χ2n) is 13.4. The van der Waals surface area contributed by atoms with Crippen LogP contribution in [-0.2, 0) is 17.8 Å². The predicted molar refractivity (Wildman–Crippen MR) is 181 cm³/mol. The molecule has 1 atom stereocenters. The van der Waals surface area contributed by atoms with Gasteiger partial charge in [0.2, 0.25) is 0 Å². The van der Waals surface area contributed by atoms with Crippen LogP contribution in [0.5, 0.6) is 11.5 Å². The number of rotatable bonds is 4. The summed E-state index contributed by atoms with van der Waals surface area (Å²) in [6, 6.07) is 12.2. The van der Waals surface area contributed by atoms with E-state index >= 15 is 13.2 Å². The summed E-state index contributed by atoms with van der Waals surface area (Å²) in [5, 5.41) is 11.3. The Morgan fingerprint density at radius 3 is 2.73 bits per heavy atom. The van der Waals surface area contributed by atoms with Crippen molar-refractivity contribution in [3.8, 4) is 22.9 Å². The number of nitrogens with zero attached hydrogens (tertiary/aromatic N) is 2. The number of aromatic nitrogens is 3. The molecule has 49 heavy (non-hydrogen) atoms. The number of hydrogen-bond acceptors (Lipinski definition) is 6. The van der Waals surface area contributed by atoms with Crippen molar-refractivity contribution in [3.05, 3.63) is 113 Å². The van der Waals surface area contributed by atoms with Crippen LogP contribution in [-0.4, -0.2) is 31.0 Å². The summed E-state index contributed by atoms with van der Waals surface area (Å²) >= 11 is 0. The maximum Gasteiger partial charge on any atom is 0.303 e. The van der Waals surface area contributed by atoms with Gasteiger partial charge in [-0.3, -0.25) is 4.79 Å². The van der Waals surface area contributed by atoms with Gasteiger partial charge in [-0.2, -0.15) is 0 Å². The van der Waals surface area contributed by atoms with Gasteiger partial charge >= 0.3 is 5.97 Å². The van der Waals surface area contributed by atoms with Gasteiger partial charge in [0.15, 0.2) is 11.6 Å². The minimum Gasteiger partial charge on any atom is -0.481 e. The van der Waals surface area contributed by atoms with E-state index in [4.69, 9.17) is 16.3 Å². The summed E-state index contributed by atoms with van der Waals surface area (Å²) in [5.41, 5.74) is 9.11. The molecule has 1 aliphatic rings. The normalized spacial score (nSPS) is 18.0. The molecular weight excluding hydrogens is 633 g/mol. The van der Waals surface area contributed by atoms with E-state index in [0.717, 1.165) is 0 Å². The van der Waals surface area contributed by atoms with Gasteiger partial charge in [-0.05, 0) is 72.9 Å². The van der Waals surface area contributed by atoms with Crippen LogP contribution in [0.2, 0.25) is 0 Å². The van der Waals surface area contributed by atoms with Gasteiger partial charge in [0.1, 0.15) is 23.2 Å². The predicted octanol–water partition coefficient (Wildman–Crippen LogP) is 7.99. The highest BCUT2D eigenvalue weighted by Crippen LogP contribution is 2.40. The molecule has 256 valence electrons. The Kier molecular flexibility index (Phi) is 9.42. The average Bonchev–Trinajstić information content (AvgIpc) is 3.72. The molecule has 6 rings (SSSR count). The van der Waals surface area contributed by atoms with Gasteiger partial charge in [-0.15, -0.1) is 0 Å². The molecule has 1 aliphatic heterocycles. The highest BCUT2D eigenvalue weighted by molar-refractivity contribution is 5.85. The maximum atomic E-state index is 16.0. The van der Waals surface area contributed by atoms with Crippen LogP contribution in [0.4, 0.5) is 13.2 Å². The fourth-order valence-electron chi connectivity index (χ4n) is 6.44. The zero-order valence-electron chi connectivity index (χ0n) is 27.3. The molecule has 4 bridgehead atoms. The van der Waals surface area contributed by atoms with E-state index in [1.165, 1.54) is 29.3 Å². The smallest absolute Gasteiger partial charge is 0.303 e. The molecule has 7 N–H and O–H groups in total. The molecular formula is C37H39F3N6O3. The van der Waals surface area contributed by atoms with Gasteiger partial charge < -0.3 is 30.6 Å². The molecule has 0 aliphatic carbocycles. The number of ether oxygens (including phenoxy) is 1. The van der Waals surface area contributed by atoms with E-state index in [-0.39, 0.29) is 47.7 Å². The van der Waals surface area contributed by atoms with Gasteiger partial charge in [-0.1, -0.05) is 32.0 Å². The zero-order chi connectivity index (χ0) is 34.9. The highest BCUT2D eigenvalue weighted by Gasteiger charge is 2.27. The molecule has 0 saturated heterocycles. The first-order valence-electron chi connectivity index (χ1n) is 16.2. The van der Waals surface area contributed by atoms with Gasteiger partial charge in [-0.25, -0.2) is 24.0 Å². The molecule has 9 nitrogen and oxygen atoms in total. The lowest BCUT2D eigenvalue weighted by Gasteiger charge is -2.28. The average molecular weight is 673 g/mol. The van der Waals surface area contributed by atoms with Crippen molar-refractivity contribution in [1.29, 1.82) is 0 Å². The van der Waals surface area contributed by atoms with Crippen molar-refractivity contribution < 1.29 is 27.8 Å². The molecule has 12 heteroatoms. The third-order valence-electron chi connectivity index (χ3n) is 9.21. The number of hydrogen-bond donors (Lipinski definition) is 5. The number of nitrogens with two attached hydrogens (primary N) is 2. The van der Waals surface area contributed by atoms with E-state index in [0.29, 0.717) is 64.7 Å². The number of H-pyrrole nitrogens is 2. The number of aliphatic carboxylic acids is 1. The molecule has 0 fully saturated rings. The van der Waals surface area contributed by atoms with Crippen molar-refractivity contribution in [1.82, 2.24) is 20.0 Å². The molecule has 5 aromatic rings. The summed E-state index contributed by atoms with van der Waals surface area (Å²) in [4.78, 5) is 22.0. The van der Waals surface area contributed by atoms with Crippen LogP contribution in [0.15, 0.2) is 72.8 Å². The number of benzene rings is 3. The third kappa shape index (κ3) is 7.44. The molecule has 0 saturated carbocycles. The number of allylic oxidation sites excluding steroid dienone is 1. The molecule has 0 radical (unpaired) electrons. The first-order chi connectivity index (χ1) is 23.4. The SMILES string of the molecule is CC1(C)CC/C(N)=C/N(N)Cc2c(c(F)cc3[nH]ccc23)Oc2ccc(F)c(c2)-c2ncc([nH]2)C(c2cccc(CCC(=O)O)c2F)CC1. The Balaban J connectivity index is 1.46. The van der Waals surface area contributed by atoms with E-state index in [2.05, 4.69) is 28.8 Å². The molecule has 2 aromatic heterocycles. The third-order valence-corrected chi connectivity index (χ3v) is 9.21. The maximum absolute atomic E-state index is 16.0. The Labute approximate surface area is 281 Å². The fraction of sp³-hybridized carbons (Fsp3) is 0.297. The van der Waals surface area contributed by atoms with Crippen LogP contribution in [0.25, 0.3) is 22.3 Å². The number of carboxylic acid groups (broad SMARTS) is 1. The minimum absolute atomic E-state index is 0.0442. The lowest BCUT2D eigenvalue weighted by Crippen LogP contribution is -2.26. The van der Waals surface area contributed by atoms with E-state index in [1.54, 1.807) is 42.9 Å². The Hall–Kier alpha value is -5.23. The monoisotopic (exact) mass is 672 g/mol. The zero-order valence-corrected chi connectivity index (χ0v) is 27.3. The number of hydrazine groups is 1. The van der Waals surface area contributed by atoms with Crippen molar-refractivity contribution in [2.75, 3.05) is 0 Å². The summed E-state index contributed by atoms with van der Waals surface area (Å²) in [5.74, 6) is 3.47. The van der Waals surface area contributed by atoms with Crippen LogP contribution in [0.3, 0.4) is 0 Å². The van der Waals surface area contributed by atoms with Crippen molar-refractivity contribution in [2.45, 2.75) is 64.8 Å². The number of aryl methyl sites for hydroxylation is 1. The second kappa shape index (κ2) is 13.7. The van der Waals surface area contributed by atoms with Crippen LogP contribution < -0.4 is 16.3 Å². The first kappa shape index (κ1) is 33.7. The summed E-state index contributed by atoms with van der Waals surface area (Å²) in [6.45, 7) is 4.29. The number of aromatic amines is 2. The lowest BCUT2D eigenvalue weighted by atomic mass is 9.78. The summed E-state index contributed by atoms with van der Waals surface area (Å²) in [6.07, 6.45) is 7.12. The standard InChI is InChI=1S/C37H39F3N6O3/c1-37(2)13-10-22(41)19-46(42)20-28-25-12-15-43-31(25)17-30(39)35(28)49-23-7-8-29(38)27(16-23)36-44-18-32(45-36)24(11-14-37)26-5-3-4-21(34(26)40)6-9-33(47)48/h3-5,7-8,12,15-19,24,43H,6,9-11,13-14,20,41-42H2,1-2H3,(H,44,45)(H,47,48)/b22-19-. The van der Waals surface area contributed by atoms with Crippen molar-refractivity contribution >= 4 is 16.9 Å². The van der Waals surface area contributed by atoms with E-state index < -0.39 is 29.3 Å². The minimum atomic E-state index is -1.01. The topological polar surface area (TPSA) is 146 Å². The molecule has 1 unspecified atom stereocenters. The molecule has 3 heterocycles. The molecule has 0 amide bonds. The van der Waals surface area contributed by atoms with Crippen LogP contribution in [0.1, 0.15) is 74.3 Å². The number of carbonyl (C=O) groups is 1. The van der Waals surface area contributed by atoms with E-state index in [1.807, 2.05) is 0 Å². The first-order valence-corrected chi connectivity index (χ1v) is 16.2.